The van der Waals surface area contributed by atoms with Crippen molar-refractivity contribution in [3.63, 3.8) is 0 Å². The van der Waals surface area contributed by atoms with Crippen LogP contribution in [0.15, 0.2) is 6.07 Å². The lowest BCUT2D eigenvalue weighted by atomic mass is 9.83. The molecule has 24 heavy (non-hydrogen) atoms. The molecule has 2 aliphatic heterocycles. The first kappa shape index (κ1) is 15.7. The Morgan fingerprint density at radius 2 is 1.96 bits per heavy atom. The van der Waals surface area contributed by atoms with E-state index in [-0.39, 0.29) is 41.2 Å². The molecule has 0 aromatic heterocycles. The van der Waals surface area contributed by atoms with E-state index in [1.165, 1.54) is 13.2 Å². The maximum absolute atomic E-state index is 12.8. The lowest BCUT2D eigenvalue weighted by Gasteiger charge is -2.20. The quantitative estimate of drug-likeness (QED) is 0.516. The number of methoxy groups -OCH3 is 1. The van der Waals surface area contributed by atoms with Crippen LogP contribution in [0.25, 0.3) is 0 Å². The fraction of sp³-hybridized carbons (Fsp3) is 0.588. The van der Waals surface area contributed by atoms with E-state index < -0.39 is 35.3 Å². The Kier molecular flexibility index (Phi) is 3.02. The van der Waals surface area contributed by atoms with E-state index in [0.717, 1.165) is 0 Å². The fourth-order valence-electron chi connectivity index (χ4n) is 3.90. The predicted molar refractivity (Wildman–Crippen MR) is 81.5 cm³/mol. The van der Waals surface area contributed by atoms with Crippen molar-refractivity contribution in [1.82, 2.24) is 0 Å². The average Bonchev–Trinajstić information content (AvgIpc) is 3.37. The zero-order valence-electron chi connectivity index (χ0n) is 13.7. The molecule has 2 fully saturated rings. The molecule has 4 rings (SSSR count). The highest BCUT2D eigenvalue weighted by Crippen LogP contribution is 2.53. The van der Waals surface area contributed by atoms with Crippen LogP contribution >= 0.6 is 0 Å². The lowest BCUT2D eigenvalue weighted by Crippen LogP contribution is -2.32. The van der Waals surface area contributed by atoms with E-state index in [2.05, 4.69) is 0 Å². The fourth-order valence-corrected chi connectivity index (χ4v) is 3.90. The highest BCUT2D eigenvalue weighted by molar-refractivity contribution is 6.06. The largest absolute Gasteiger partial charge is 0.507 e. The van der Waals surface area contributed by atoms with Gasteiger partial charge in [0.15, 0.2) is 23.4 Å². The van der Waals surface area contributed by atoms with Crippen LogP contribution in [0.3, 0.4) is 0 Å². The van der Waals surface area contributed by atoms with Gasteiger partial charge in [-0.15, -0.1) is 0 Å². The van der Waals surface area contributed by atoms with Gasteiger partial charge >= 0.3 is 0 Å². The molecule has 0 saturated carbocycles. The number of ether oxygens (including phenoxy) is 3. The predicted octanol–water partition coefficient (Wildman–Crippen LogP) is 0.911. The molecule has 7 heteroatoms. The van der Waals surface area contributed by atoms with Crippen molar-refractivity contribution in [2.45, 2.75) is 56.2 Å². The van der Waals surface area contributed by atoms with Crippen molar-refractivity contribution in [3.05, 3.63) is 17.2 Å². The number of rotatable bonds is 1. The molecule has 1 aromatic rings. The number of phenolic OH excluding ortho intramolecular Hbond substituents is 2. The van der Waals surface area contributed by atoms with Gasteiger partial charge < -0.3 is 29.5 Å². The van der Waals surface area contributed by atoms with Gasteiger partial charge in [0.1, 0.15) is 17.5 Å². The van der Waals surface area contributed by atoms with Gasteiger partial charge in [-0.25, -0.2) is 0 Å². The van der Waals surface area contributed by atoms with Gasteiger partial charge in [-0.05, 0) is 13.8 Å². The molecule has 1 aromatic carbocycles. The summed E-state index contributed by atoms with van der Waals surface area (Å²) in [5, 5.41) is 31.2. The molecule has 2 heterocycles. The SMILES string of the molecule is COc1cc(O)c2c(c1O)C[C@]1(C)O[C@@H]1[C@@H](O)C[C@@]1(C)O[C@@H]1C2=O. The molecular weight excluding hydrogens is 316 g/mol. The van der Waals surface area contributed by atoms with Gasteiger partial charge in [0.2, 0.25) is 0 Å². The topological polar surface area (TPSA) is 112 Å². The highest BCUT2D eigenvalue weighted by atomic mass is 16.6. The van der Waals surface area contributed by atoms with Crippen molar-refractivity contribution < 1.29 is 34.3 Å². The van der Waals surface area contributed by atoms with Gasteiger partial charge in [0.05, 0.1) is 24.4 Å². The number of aliphatic hydroxyl groups excluding tert-OH is 1. The molecule has 0 radical (unpaired) electrons. The van der Waals surface area contributed by atoms with Gasteiger partial charge in [-0.1, -0.05) is 0 Å². The summed E-state index contributed by atoms with van der Waals surface area (Å²) in [5.74, 6) is -0.786. The molecule has 130 valence electrons. The van der Waals surface area contributed by atoms with Crippen LogP contribution in [-0.2, 0) is 15.9 Å². The van der Waals surface area contributed by atoms with Crippen LogP contribution < -0.4 is 4.74 Å². The average molecular weight is 336 g/mol. The number of ketones is 1. The summed E-state index contributed by atoms with van der Waals surface area (Å²) < 4.78 is 16.3. The van der Waals surface area contributed by atoms with Crippen molar-refractivity contribution in [2.75, 3.05) is 7.11 Å². The van der Waals surface area contributed by atoms with Crippen molar-refractivity contribution in [1.29, 1.82) is 0 Å². The molecule has 3 N–H and O–H groups in total. The third-order valence-corrected chi connectivity index (χ3v) is 5.37. The van der Waals surface area contributed by atoms with Gasteiger partial charge in [0, 0.05) is 24.5 Å². The number of carbonyl (C=O) groups is 1. The van der Waals surface area contributed by atoms with Crippen LogP contribution in [0, 0.1) is 0 Å². The number of carbonyl (C=O) groups excluding carboxylic acids is 1. The maximum atomic E-state index is 12.8. The molecule has 5 atom stereocenters. The van der Waals surface area contributed by atoms with Crippen LogP contribution in [0.5, 0.6) is 17.2 Å². The minimum atomic E-state index is -0.792. The molecule has 7 nitrogen and oxygen atoms in total. The van der Waals surface area contributed by atoms with E-state index >= 15 is 0 Å². The van der Waals surface area contributed by atoms with E-state index in [9.17, 15) is 20.1 Å². The molecule has 2 saturated heterocycles. The Hall–Kier alpha value is -1.83. The number of aromatic hydroxyl groups is 2. The summed E-state index contributed by atoms with van der Waals surface area (Å²) in [5.41, 5.74) is -1.22. The van der Waals surface area contributed by atoms with E-state index in [0.29, 0.717) is 0 Å². The van der Waals surface area contributed by atoms with Crippen molar-refractivity contribution >= 4 is 5.78 Å². The number of Topliss-reactive ketones (excluding diaryl/α,β-unsaturated/α-hetero) is 1. The van der Waals surface area contributed by atoms with Gasteiger partial charge in [0.25, 0.3) is 0 Å². The molecule has 0 unspecified atom stereocenters. The summed E-state index contributed by atoms with van der Waals surface area (Å²) in [6, 6.07) is 1.22. The maximum Gasteiger partial charge on any atom is 0.198 e. The van der Waals surface area contributed by atoms with E-state index in [4.69, 9.17) is 14.2 Å². The third-order valence-electron chi connectivity index (χ3n) is 5.37. The molecular formula is C17H20O7. The molecule has 1 aliphatic carbocycles. The number of hydrogen-bond acceptors (Lipinski definition) is 7. The first-order valence-corrected chi connectivity index (χ1v) is 7.90. The number of benzene rings is 1. The molecule has 0 amide bonds. The number of hydrogen-bond donors (Lipinski definition) is 3. The zero-order valence-corrected chi connectivity index (χ0v) is 13.7. The minimum Gasteiger partial charge on any atom is -0.507 e. The number of aliphatic hydroxyl groups is 1. The summed E-state index contributed by atoms with van der Waals surface area (Å²) in [6.07, 6.45) is -1.47. The number of phenols is 2. The summed E-state index contributed by atoms with van der Waals surface area (Å²) in [6.45, 7) is 3.56. The smallest absolute Gasteiger partial charge is 0.198 e. The number of epoxide rings is 2. The molecule has 0 bridgehead atoms. The van der Waals surface area contributed by atoms with Gasteiger partial charge in [-0.2, -0.15) is 0 Å². The highest BCUT2D eigenvalue weighted by Gasteiger charge is 2.64. The van der Waals surface area contributed by atoms with Gasteiger partial charge in [-0.3, -0.25) is 4.79 Å². The lowest BCUT2D eigenvalue weighted by molar-refractivity contribution is 0.0948. The van der Waals surface area contributed by atoms with Crippen LogP contribution in [0.2, 0.25) is 0 Å². The Morgan fingerprint density at radius 1 is 1.25 bits per heavy atom. The third kappa shape index (κ3) is 2.05. The summed E-state index contributed by atoms with van der Waals surface area (Å²) in [7, 11) is 1.37. The van der Waals surface area contributed by atoms with E-state index in [1.807, 2.05) is 0 Å². The normalized spacial score (nSPS) is 40.2. The van der Waals surface area contributed by atoms with Crippen molar-refractivity contribution in [2.24, 2.45) is 0 Å². The second-order valence-electron chi connectivity index (χ2n) is 7.27. The Balaban J connectivity index is 1.89. The second kappa shape index (κ2) is 4.62. The summed E-state index contributed by atoms with van der Waals surface area (Å²) >= 11 is 0. The first-order chi connectivity index (χ1) is 11.2. The standard InChI is InChI=1S/C17H20O7/c1-16-5-7-11(8(18)4-10(22-3)12(7)20)13(21)15-17(2,24-15)6-9(19)14(16)23-16/h4,9,14-15,18-20H,5-6H2,1-3H3/t9-,14+,15+,16-,17+/m0/s1. The first-order valence-electron chi connectivity index (χ1n) is 7.90. The number of fused-ring (bicyclic) bond motifs is 3. The molecule has 3 aliphatic rings. The summed E-state index contributed by atoms with van der Waals surface area (Å²) in [4.78, 5) is 12.8. The second-order valence-corrected chi connectivity index (χ2v) is 7.27. The zero-order chi connectivity index (χ0) is 17.4. The van der Waals surface area contributed by atoms with Crippen LogP contribution in [0.1, 0.15) is 36.2 Å². The Labute approximate surface area is 138 Å². The minimum absolute atomic E-state index is 0.0360. The Bertz CT molecular complexity index is 745. The Morgan fingerprint density at radius 3 is 2.62 bits per heavy atom. The van der Waals surface area contributed by atoms with Crippen LogP contribution in [-0.4, -0.2) is 57.7 Å². The van der Waals surface area contributed by atoms with Crippen LogP contribution in [0.4, 0.5) is 0 Å². The molecule has 0 spiro atoms. The van der Waals surface area contributed by atoms with E-state index in [1.54, 1.807) is 13.8 Å². The monoisotopic (exact) mass is 336 g/mol. The van der Waals surface area contributed by atoms with Crippen molar-refractivity contribution in [3.8, 4) is 17.2 Å².